The first-order valence-corrected chi connectivity index (χ1v) is 9.70. The van der Waals surface area contributed by atoms with Gasteiger partial charge in [0.1, 0.15) is 5.58 Å². The number of fused-ring (bicyclic) bond motifs is 1. The van der Waals surface area contributed by atoms with E-state index in [9.17, 15) is 9.59 Å². The summed E-state index contributed by atoms with van der Waals surface area (Å²) in [7, 11) is 0. The van der Waals surface area contributed by atoms with E-state index in [1.54, 1.807) is 30.5 Å². The smallest absolute Gasteiger partial charge is 0.253 e. The molecular weight excluding hydrogens is 352 g/mol. The van der Waals surface area contributed by atoms with Gasteiger partial charge in [-0.05, 0) is 43.5 Å². The molecule has 0 fully saturated rings. The van der Waals surface area contributed by atoms with Gasteiger partial charge in [0.2, 0.25) is 5.91 Å². The van der Waals surface area contributed by atoms with Gasteiger partial charge in [0.25, 0.3) is 5.91 Å². The van der Waals surface area contributed by atoms with E-state index in [0.717, 1.165) is 29.4 Å². The summed E-state index contributed by atoms with van der Waals surface area (Å²) in [6.45, 7) is 6.05. The van der Waals surface area contributed by atoms with E-state index in [1.165, 1.54) is 5.56 Å². The van der Waals surface area contributed by atoms with E-state index in [1.807, 2.05) is 32.0 Å². The lowest BCUT2D eigenvalue weighted by molar-refractivity contribution is -0.115. The van der Waals surface area contributed by atoms with Crippen LogP contribution in [0.2, 0.25) is 0 Å². The molecule has 5 nitrogen and oxygen atoms in total. The Balaban J connectivity index is 1.74. The fourth-order valence-electron chi connectivity index (χ4n) is 3.05. The van der Waals surface area contributed by atoms with Crippen molar-refractivity contribution in [2.75, 3.05) is 5.32 Å². The van der Waals surface area contributed by atoms with E-state index in [4.69, 9.17) is 4.42 Å². The SMILES string of the molecule is CCc1ccc2c(CC(=O)Nc3ccccc3C(=O)NC(C)CC)coc2c1. The Labute approximate surface area is 165 Å². The molecule has 28 heavy (non-hydrogen) atoms. The van der Waals surface area contributed by atoms with Crippen LogP contribution in [0.15, 0.2) is 53.1 Å². The van der Waals surface area contributed by atoms with Crippen molar-refractivity contribution < 1.29 is 14.0 Å². The van der Waals surface area contributed by atoms with Gasteiger partial charge in [0.05, 0.1) is 23.9 Å². The molecule has 0 saturated heterocycles. The van der Waals surface area contributed by atoms with E-state index < -0.39 is 0 Å². The second-order valence-corrected chi connectivity index (χ2v) is 7.00. The third-order valence-corrected chi connectivity index (χ3v) is 4.92. The number of furan rings is 1. The van der Waals surface area contributed by atoms with Crippen molar-refractivity contribution in [1.29, 1.82) is 0 Å². The van der Waals surface area contributed by atoms with Crippen molar-refractivity contribution in [1.82, 2.24) is 5.32 Å². The molecular formula is C23H26N2O3. The van der Waals surface area contributed by atoms with Gasteiger partial charge in [0, 0.05) is 17.0 Å². The number of hydrogen-bond donors (Lipinski definition) is 2. The number of para-hydroxylation sites is 1. The zero-order chi connectivity index (χ0) is 20.1. The normalized spacial score (nSPS) is 12.0. The average molecular weight is 378 g/mol. The summed E-state index contributed by atoms with van der Waals surface area (Å²) < 4.78 is 5.62. The molecule has 5 heteroatoms. The van der Waals surface area contributed by atoms with Gasteiger partial charge < -0.3 is 15.1 Å². The molecule has 2 amide bonds. The van der Waals surface area contributed by atoms with Crippen LogP contribution in [0.1, 0.15) is 48.7 Å². The lowest BCUT2D eigenvalue weighted by atomic mass is 10.1. The molecule has 1 heterocycles. The van der Waals surface area contributed by atoms with Crippen molar-refractivity contribution in [3.63, 3.8) is 0 Å². The predicted molar refractivity (Wildman–Crippen MR) is 112 cm³/mol. The third kappa shape index (κ3) is 4.42. The summed E-state index contributed by atoms with van der Waals surface area (Å²) in [4.78, 5) is 25.1. The van der Waals surface area contributed by atoms with Gasteiger partial charge in [-0.2, -0.15) is 0 Å². The van der Waals surface area contributed by atoms with Crippen molar-refractivity contribution in [3.05, 3.63) is 65.4 Å². The topological polar surface area (TPSA) is 71.3 Å². The quantitative estimate of drug-likeness (QED) is 0.626. The molecule has 3 rings (SSSR count). The molecule has 0 aliphatic rings. The summed E-state index contributed by atoms with van der Waals surface area (Å²) in [5.41, 5.74) is 3.78. The van der Waals surface area contributed by atoms with Crippen LogP contribution in [-0.2, 0) is 17.6 Å². The van der Waals surface area contributed by atoms with Crippen LogP contribution in [0.25, 0.3) is 11.0 Å². The minimum absolute atomic E-state index is 0.0709. The minimum Gasteiger partial charge on any atom is -0.464 e. The maximum Gasteiger partial charge on any atom is 0.253 e. The molecule has 1 aromatic heterocycles. The molecule has 3 aromatic rings. The molecule has 0 saturated carbocycles. The Kier molecular flexibility index (Phi) is 6.14. The van der Waals surface area contributed by atoms with Crippen LogP contribution in [0.5, 0.6) is 0 Å². The molecule has 0 bridgehead atoms. The number of carbonyl (C=O) groups is 2. The van der Waals surface area contributed by atoms with Gasteiger partial charge in [-0.25, -0.2) is 0 Å². The summed E-state index contributed by atoms with van der Waals surface area (Å²) in [6.07, 6.45) is 3.58. The molecule has 0 aliphatic carbocycles. The summed E-state index contributed by atoms with van der Waals surface area (Å²) >= 11 is 0. The number of aryl methyl sites for hydroxylation is 1. The summed E-state index contributed by atoms with van der Waals surface area (Å²) in [5.74, 6) is -0.378. The Bertz CT molecular complexity index is 990. The first kappa shape index (κ1) is 19.7. The van der Waals surface area contributed by atoms with Crippen LogP contribution in [0.3, 0.4) is 0 Å². The number of anilines is 1. The van der Waals surface area contributed by atoms with Crippen LogP contribution in [-0.4, -0.2) is 17.9 Å². The number of carbonyl (C=O) groups excluding carboxylic acids is 2. The zero-order valence-corrected chi connectivity index (χ0v) is 16.5. The number of hydrogen-bond acceptors (Lipinski definition) is 3. The van der Waals surface area contributed by atoms with Gasteiger partial charge in [-0.1, -0.05) is 38.1 Å². The first-order chi connectivity index (χ1) is 13.5. The van der Waals surface area contributed by atoms with E-state index in [0.29, 0.717) is 11.3 Å². The van der Waals surface area contributed by atoms with Gasteiger partial charge in [-0.15, -0.1) is 0 Å². The lowest BCUT2D eigenvalue weighted by Gasteiger charge is -2.14. The Morgan fingerprint density at radius 2 is 1.89 bits per heavy atom. The average Bonchev–Trinajstić information content (AvgIpc) is 3.09. The predicted octanol–water partition coefficient (Wildman–Crippen LogP) is 4.70. The number of nitrogens with one attached hydrogen (secondary N) is 2. The molecule has 0 aliphatic heterocycles. The molecule has 0 spiro atoms. The third-order valence-electron chi connectivity index (χ3n) is 4.92. The summed E-state index contributed by atoms with van der Waals surface area (Å²) in [5, 5.41) is 6.74. The number of amides is 2. The van der Waals surface area contributed by atoms with Crippen LogP contribution in [0, 0.1) is 0 Å². The minimum atomic E-state index is -0.189. The lowest BCUT2D eigenvalue weighted by Crippen LogP contribution is -2.32. The molecule has 1 atom stereocenters. The monoisotopic (exact) mass is 378 g/mol. The van der Waals surface area contributed by atoms with Gasteiger partial charge in [0.15, 0.2) is 0 Å². The van der Waals surface area contributed by atoms with Gasteiger partial charge >= 0.3 is 0 Å². The number of rotatable bonds is 7. The standard InChI is InChI=1S/C23H26N2O3/c1-4-15(3)24-23(27)19-8-6-7-9-20(19)25-22(26)13-17-14-28-21-12-16(5-2)10-11-18(17)21/h6-12,14-15H,4-5,13H2,1-3H3,(H,24,27)(H,25,26). The van der Waals surface area contributed by atoms with Gasteiger partial charge in [-0.3, -0.25) is 9.59 Å². The van der Waals surface area contributed by atoms with Crippen molar-refractivity contribution in [2.24, 2.45) is 0 Å². The maximum atomic E-state index is 12.6. The Morgan fingerprint density at radius 3 is 2.64 bits per heavy atom. The molecule has 146 valence electrons. The highest BCUT2D eigenvalue weighted by molar-refractivity contribution is 6.04. The zero-order valence-electron chi connectivity index (χ0n) is 16.5. The number of benzene rings is 2. The molecule has 2 aromatic carbocycles. The second kappa shape index (κ2) is 8.74. The van der Waals surface area contributed by atoms with Crippen LogP contribution < -0.4 is 10.6 Å². The van der Waals surface area contributed by atoms with Crippen LogP contribution in [0.4, 0.5) is 5.69 Å². The van der Waals surface area contributed by atoms with Crippen molar-refractivity contribution >= 4 is 28.5 Å². The van der Waals surface area contributed by atoms with E-state index >= 15 is 0 Å². The largest absolute Gasteiger partial charge is 0.464 e. The first-order valence-electron chi connectivity index (χ1n) is 9.70. The van der Waals surface area contributed by atoms with Crippen LogP contribution >= 0.6 is 0 Å². The second-order valence-electron chi connectivity index (χ2n) is 7.00. The van der Waals surface area contributed by atoms with Crippen molar-refractivity contribution in [3.8, 4) is 0 Å². The highest BCUT2D eigenvalue weighted by atomic mass is 16.3. The van der Waals surface area contributed by atoms with E-state index in [-0.39, 0.29) is 24.3 Å². The fraction of sp³-hybridized carbons (Fsp3) is 0.304. The highest BCUT2D eigenvalue weighted by Gasteiger charge is 2.16. The molecule has 1 unspecified atom stereocenters. The molecule has 2 N–H and O–H groups in total. The molecule has 0 radical (unpaired) electrons. The Hall–Kier alpha value is -3.08. The maximum absolute atomic E-state index is 12.6. The highest BCUT2D eigenvalue weighted by Crippen LogP contribution is 2.24. The van der Waals surface area contributed by atoms with E-state index in [2.05, 4.69) is 17.6 Å². The van der Waals surface area contributed by atoms with Crippen molar-refractivity contribution in [2.45, 2.75) is 46.1 Å². The Morgan fingerprint density at radius 1 is 1.11 bits per heavy atom. The summed E-state index contributed by atoms with van der Waals surface area (Å²) in [6, 6.07) is 13.2. The fourth-order valence-corrected chi connectivity index (χ4v) is 3.05.